The Hall–Kier alpha value is -1.31. The van der Waals surface area contributed by atoms with Crippen LogP contribution in [0.25, 0.3) is 0 Å². The Morgan fingerprint density at radius 1 is 1.33 bits per heavy atom. The summed E-state index contributed by atoms with van der Waals surface area (Å²) in [7, 11) is 0. The van der Waals surface area contributed by atoms with E-state index in [2.05, 4.69) is 0 Å². The average molecular weight is 204 g/mol. The molecule has 2 heteroatoms. The summed E-state index contributed by atoms with van der Waals surface area (Å²) < 4.78 is 0. The Kier molecular flexibility index (Phi) is 2.51. The summed E-state index contributed by atoms with van der Waals surface area (Å²) in [5, 5.41) is 9.32. The van der Waals surface area contributed by atoms with E-state index in [1.807, 2.05) is 37.3 Å². The number of hydrogen-bond donors (Lipinski definition) is 1. The highest BCUT2D eigenvalue weighted by Gasteiger charge is 2.48. The van der Waals surface area contributed by atoms with Crippen molar-refractivity contribution in [2.45, 2.75) is 32.1 Å². The molecule has 15 heavy (non-hydrogen) atoms. The van der Waals surface area contributed by atoms with Gasteiger partial charge < -0.3 is 5.11 Å². The maximum Gasteiger partial charge on any atom is 0.310 e. The summed E-state index contributed by atoms with van der Waals surface area (Å²) in [5.41, 5.74) is 0.640. The lowest BCUT2D eigenvalue weighted by atomic mass is 9.60. The molecular formula is C13H16O2. The van der Waals surface area contributed by atoms with Crippen LogP contribution in [0.1, 0.15) is 37.7 Å². The maximum absolute atomic E-state index is 11.3. The van der Waals surface area contributed by atoms with Gasteiger partial charge in [0.1, 0.15) is 0 Å². The third-order valence-electron chi connectivity index (χ3n) is 3.80. The van der Waals surface area contributed by atoms with Crippen molar-refractivity contribution in [3.8, 4) is 0 Å². The number of rotatable bonds is 3. The molecule has 2 nitrogen and oxygen atoms in total. The number of carboxylic acids is 1. The van der Waals surface area contributed by atoms with Crippen molar-refractivity contribution < 1.29 is 9.90 Å². The van der Waals surface area contributed by atoms with E-state index in [-0.39, 0.29) is 5.92 Å². The SMILES string of the molecule is CC(c1ccccc1)C1(C(=O)O)CCC1. The summed E-state index contributed by atoms with van der Waals surface area (Å²) in [6, 6.07) is 9.95. The van der Waals surface area contributed by atoms with Gasteiger partial charge in [0.15, 0.2) is 0 Å². The molecule has 1 aromatic carbocycles. The zero-order valence-corrected chi connectivity index (χ0v) is 8.94. The molecule has 1 unspecified atom stereocenters. The third-order valence-corrected chi connectivity index (χ3v) is 3.80. The standard InChI is InChI=1S/C13H16O2/c1-10(11-6-3-2-4-7-11)13(12(14)15)8-5-9-13/h2-4,6-7,10H,5,8-9H2,1H3,(H,14,15). The first-order valence-corrected chi connectivity index (χ1v) is 5.45. The van der Waals surface area contributed by atoms with E-state index in [0.717, 1.165) is 24.8 Å². The van der Waals surface area contributed by atoms with E-state index in [9.17, 15) is 9.90 Å². The lowest BCUT2D eigenvalue weighted by Crippen LogP contribution is -2.42. The van der Waals surface area contributed by atoms with E-state index in [0.29, 0.717) is 0 Å². The van der Waals surface area contributed by atoms with Gasteiger partial charge in [0.05, 0.1) is 5.41 Å². The molecule has 1 fully saturated rings. The van der Waals surface area contributed by atoms with Crippen LogP contribution in [0.5, 0.6) is 0 Å². The summed E-state index contributed by atoms with van der Waals surface area (Å²) in [5.74, 6) is -0.518. The smallest absolute Gasteiger partial charge is 0.310 e. The van der Waals surface area contributed by atoms with Gasteiger partial charge in [-0.3, -0.25) is 4.79 Å². The Morgan fingerprint density at radius 3 is 2.33 bits per heavy atom. The number of hydrogen-bond acceptors (Lipinski definition) is 1. The molecule has 0 aromatic heterocycles. The number of carboxylic acid groups (broad SMARTS) is 1. The lowest BCUT2D eigenvalue weighted by Gasteiger charge is -2.42. The van der Waals surface area contributed by atoms with Crippen molar-refractivity contribution in [1.82, 2.24) is 0 Å². The molecule has 0 spiro atoms. The van der Waals surface area contributed by atoms with Gasteiger partial charge in [0.25, 0.3) is 0 Å². The van der Waals surface area contributed by atoms with Crippen molar-refractivity contribution in [1.29, 1.82) is 0 Å². The average Bonchev–Trinajstić information content (AvgIpc) is 2.16. The van der Waals surface area contributed by atoms with E-state index < -0.39 is 11.4 Å². The normalized spacial score (nSPS) is 20.3. The summed E-state index contributed by atoms with van der Waals surface area (Å²) in [6.45, 7) is 2.03. The number of aliphatic carboxylic acids is 1. The molecule has 1 aliphatic carbocycles. The van der Waals surface area contributed by atoms with Gasteiger partial charge in [-0.1, -0.05) is 43.7 Å². The van der Waals surface area contributed by atoms with Crippen LogP contribution in [0.3, 0.4) is 0 Å². The van der Waals surface area contributed by atoms with Gasteiger partial charge in [-0.15, -0.1) is 0 Å². The van der Waals surface area contributed by atoms with Gasteiger partial charge in [0, 0.05) is 0 Å². The molecule has 1 aromatic rings. The Morgan fingerprint density at radius 2 is 1.93 bits per heavy atom. The molecule has 0 bridgehead atoms. The topological polar surface area (TPSA) is 37.3 Å². The molecule has 1 atom stereocenters. The molecule has 1 N–H and O–H groups in total. The second-order valence-electron chi connectivity index (χ2n) is 4.45. The van der Waals surface area contributed by atoms with Crippen molar-refractivity contribution in [2.24, 2.45) is 5.41 Å². The molecule has 0 radical (unpaired) electrons. The Labute approximate surface area is 89.9 Å². The maximum atomic E-state index is 11.3. The van der Waals surface area contributed by atoms with Crippen LogP contribution in [0.4, 0.5) is 0 Å². The monoisotopic (exact) mass is 204 g/mol. The molecule has 0 heterocycles. The fraction of sp³-hybridized carbons (Fsp3) is 0.462. The highest BCUT2D eigenvalue weighted by Crippen LogP contribution is 2.51. The van der Waals surface area contributed by atoms with Crippen LogP contribution in [0, 0.1) is 5.41 Å². The van der Waals surface area contributed by atoms with Gasteiger partial charge in [-0.25, -0.2) is 0 Å². The van der Waals surface area contributed by atoms with Crippen LogP contribution in [-0.2, 0) is 4.79 Å². The first-order valence-electron chi connectivity index (χ1n) is 5.45. The van der Waals surface area contributed by atoms with Crippen molar-refractivity contribution in [2.75, 3.05) is 0 Å². The minimum Gasteiger partial charge on any atom is -0.481 e. The molecule has 1 aliphatic rings. The molecule has 80 valence electrons. The zero-order valence-electron chi connectivity index (χ0n) is 8.94. The van der Waals surface area contributed by atoms with Gasteiger partial charge in [-0.2, -0.15) is 0 Å². The van der Waals surface area contributed by atoms with Gasteiger partial charge >= 0.3 is 5.97 Å². The molecule has 0 amide bonds. The predicted octanol–water partition coefficient (Wildman–Crippen LogP) is 3.05. The first kappa shape index (κ1) is 10.2. The van der Waals surface area contributed by atoms with E-state index in [4.69, 9.17) is 0 Å². The zero-order chi connectivity index (χ0) is 10.9. The summed E-state index contributed by atoms with van der Waals surface area (Å²) in [6.07, 6.45) is 2.68. The minimum atomic E-state index is -0.634. The number of carbonyl (C=O) groups is 1. The van der Waals surface area contributed by atoms with E-state index in [1.165, 1.54) is 0 Å². The fourth-order valence-corrected chi connectivity index (χ4v) is 2.45. The van der Waals surface area contributed by atoms with Gasteiger partial charge in [0.2, 0.25) is 0 Å². The van der Waals surface area contributed by atoms with Crippen molar-refractivity contribution in [3.05, 3.63) is 35.9 Å². The molecule has 0 saturated heterocycles. The number of benzene rings is 1. The molecule has 0 aliphatic heterocycles. The minimum absolute atomic E-state index is 0.116. The predicted molar refractivity (Wildman–Crippen MR) is 58.8 cm³/mol. The van der Waals surface area contributed by atoms with Crippen LogP contribution >= 0.6 is 0 Å². The lowest BCUT2D eigenvalue weighted by molar-refractivity contribution is -0.156. The molecule has 2 rings (SSSR count). The largest absolute Gasteiger partial charge is 0.481 e. The van der Waals surface area contributed by atoms with Crippen LogP contribution < -0.4 is 0 Å². The second-order valence-corrected chi connectivity index (χ2v) is 4.45. The van der Waals surface area contributed by atoms with Gasteiger partial charge in [-0.05, 0) is 24.3 Å². The van der Waals surface area contributed by atoms with Crippen molar-refractivity contribution >= 4 is 5.97 Å². The van der Waals surface area contributed by atoms with E-state index >= 15 is 0 Å². The highest BCUT2D eigenvalue weighted by molar-refractivity contribution is 5.77. The Bertz CT molecular complexity index is 352. The van der Waals surface area contributed by atoms with Crippen LogP contribution in [0.15, 0.2) is 30.3 Å². The quantitative estimate of drug-likeness (QED) is 0.821. The summed E-state index contributed by atoms with van der Waals surface area (Å²) >= 11 is 0. The highest BCUT2D eigenvalue weighted by atomic mass is 16.4. The third kappa shape index (κ3) is 1.54. The summed E-state index contributed by atoms with van der Waals surface area (Å²) in [4.78, 5) is 11.3. The first-order chi connectivity index (χ1) is 7.17. The Balaban J connectivity index is 2.27. The molecular weight excluding hydrogens is 188 g/mol. The fourth-order valence-electron chi connectivity index (χ4n) is 2.45. The van der Waals surface area contributed by atoms with E-state index in [1.54, 1.807) is 0 Å². The second kappa shape index (κ2) is 3.69. The van der Waals surface area contributed by atoms with Crippen LogP contribution in [-0.4, -0.2) is 11.1 Å². The van der Waals surface area contributed by atoms with Crippen molar-refractivity contribution in [3.63, 3.8) is 0 Å². The van der Waals surface area contributed by atoms with Crippen LogP contribution in [0.2, 0.25) is 0 Å². The molecule has 1 saturated carbocycles.